The van der Waals surface area contributed by atoms with E-state index in [0.717, 1.165) is 101 Å². The number of anilines is 2. The summed E-state index contributed by atoms with van der Waals surface area (Å²) in [6.45, 7) is 4.84. The molecule has 0 bridgehead atoms. The molecule has 0 radical (unpaired) electrons. The number of aryl methyl sites for hydroxylation is 1. The summed E-state index contributed by atoms with van der Waals surface area (Å²) in [4.78, 5) is 20.2. The zero-order valence-electron chi connectivity index (χ0n) is 25.3. The van der Waals surface area contributed by atoms with E-state index in [4.69, 9.17) is 20.7 Å². The van der Waals surface area contributed by atoms with Crippen LogP contribution in [0.2, 0.25) is 0 Å². The summed E-state index contributed by atoms with van der Waals surface area (Å²) < 4.78 is 14.6. The van der Waals surface area contributed by atoms with Crippen LogP contribution in [0.1, 0.15) is 104 Å². The molecule has 2 aliphatic carbocycles. The number of fused-ring (bicyclic) bond motifs is 4. The van der Waals surface area contributed by atoms with Gasteiger partial charge in [-0.25, -0.2) is 14.4 Å². The summed E-state index contributed by atoms with van der Waals surface area (Å²) in [5.41, 5.74) is 13.6. The van der Waals surface area contributed by atoms with Crippen molar-refractivity contribution in [1.29, 1.82) is 5.26 Å². The molecule has 1 aromatic carbocycles. The third-order valence-electron chi connectivity index (χ3n) is 11.9. The summed E-state index contributed by atoms with van der Waals surface area (Å²) in [5, 5.41) is 10.3. The minimum Gasteiger partial charge on any atom is -0.398 e. The van der Waals surface area contributed by atoms with Gasteiger partial charge in [0.1, 0.15) is 23.9 Å². The van der Waals surface area contributed by atoms with Crippen LogP contribution in [0.4, 0.5) is 15.9 Å². The molecule has 3 fully saturated rings. The van der Waals surface area contributed by atoms with Gasteiger partial charge < -0.3 is 10.6 Å². The highest BCUT2D eigenvalue weighted by Gasteiger charge is 2.49. The van der Waals surface area contributed by atoms with Crippen molar-refractivity contribution >= 4 is 17.2 Å². The van der Waals surface area contributed by atoms with Gasteiger partial charge in [0.15, 0.2) is 0 Å². The van der Waals surface area contributed by atoms with Crippen LogP contribution in [0.15, 0.2) is 29.4 Å². The molecule has 5 atom stereocenters. The number of nitriles is 1. The van der Waals surface area contributed by atoms with E-state index in [1.807, 2.05) is 12.3 Å². The number of rotatable bonds is 5. The molecule has 0 amide bonds. The van der Waals surface area contributed by atoms with Gasteiger partial charge in [-0.15, -0.1) is 0 Å². The van der Waals surface area contributed by atoms with Crippen LogP contribution in [0, 0.1) is 11.3 Å². The zero-order chi connectivity index (χ0) is 29.3. The molecule has 224 valence electrons. The van der Waals surface area contributed by atoms with Crippen LogP contribution < -0.4 is 10.6 Å². The van der Waals surface area contributed by atoms with Crippen molar-refractivity contribution in [2.24, 2.45) is 4.99 Å². The number of benzene rings is 1. The Morgan fingerprint density at radius 2 is 2.07 bits per heavy atom. The number of alkyl halides is 1. The van der Waals surface area contributed by atoms with Gasteiger partial charge in [0.05, 0.1) is 17.3 Å². The number of hydrogen-bond donors (Lipinski definition) is 1. The van der Waals surface area contributed by atoms with Gasteiger partial charge in [-0.05, 0) is 93.9 Å². The highest BCUT2D eigenvalue weighted by Crippen LogP contribution is 2.52. The number of allylic oxidation sites excluding steroid dienone is 1. The van der Waals surface area contributed by atoms with Crippen molar-refractivity contribution < 1.29 is 4.39 Å². The first-order chi connectivity index (χ1) is 20.9. The van der Waals surface area contributed by atoms with Gasteiger partial charge in [0, 0.05) is 60.0 Å². The molecule has 8 heteroatoms. The quantitative estimate of drug-likeness (QED) is 0.457. The Morgan fingerprint density at radius 1 is 1.16 bits per heavy atom. The summed E-state index contributed by atoms with van der Waals surface area (Å²) in [6.07, 6.45) is 14.7. The van der Waals surface area contributed by atoms with Crippen molar-refractivity contribution in [2.75, 3.05) is 30.3 Å². The number of nitrogen functional groups attached to an aromatic ring is 1. The van der Waals surface area contributed by atoms with Crippen molar-refractivity contribution in [3.05, 3.63) is 58.2 Å². The molecule has 8 rings (SSSR count). The van der Waals surface area contributed by atoms with Crippen LogP contribution in [0.25, 0.3) is 0 Å². The van der Waals surface area contributed by atoms with E-state index in [9.17, 15) is 9.65 Å². The number of nitrogens with zero attached hydrogens (tertiary/aromatic N) is 6. The summed E-state index contributed by atoms with van der Waals surface area (Å²) >= 11 is 0. The average Bonchev–Trinajstić information content (AvgIpc) is 3.70. The first-order valence-electron chi connectivity index (χ1n) is 16.5. The van der Waals surface area contributed by atoms with E-state index < -0.39 is 6.17 Å². The van der Waals surface area contributed by atoms with Gasteiger partial charge in [-0.3, -0.25) is 9.89 Å². The fraction of sp³-hybridized carbons (Fsp3) is 0.600. The van der Waals surface area contributed by atoms with Gasteiger partial charge in [0.25, 0.3) is 0 Å². The van der Waals surface area contributed by atoms with E-state index in [1.165, 1.54) is 22.4 Å². The van der Waals surface area contributed by atoms with Crippen LogP contribution >= 0.6 is 0 Å². The lowest BCUT2D eigenvalue weighted by Gasteiger charge is -2.47. The standard InChI is InChI=1S/C35H42FN7/c1-22-7-12-34(32-24(22)5-6-27(38)26(32)20-37)13-8-25-29(19-34)40-31(9-14-35-11-3-16-42(35)21-23(36)18-35)41-33(25)43-17-10-30(43)28-4-2-15-39-28/h2,5-6,15,22-23,30H,3-4,7-14,16-19,21,38H2,1H3. The highest BCUT2D eigenvalue weighted by atomic mass is 19.1. The molecule has 1 spiro atoms. The second-order valence-electron chi connectivity index (χ2n) is 14.2. The molecule has 4 aliphatic heterocycles. The topological polar surface area (TPSA) is 94.4 Å². The Morgan fingerprint density at radius 3 is 2.86 bits per heavy atom. The predicted molar refractivity (Wildman–Crippen MR) is 167 cm³/mol. The molecule has 43 heavy (non-hydrogen) atoms. The Balaban J connectivity index is 1.19. The Hall–Kier alpha value is -3.31. The second kappa shape index (κ2) is 10.1. The van der Waals surface area contributed by atoms with Gasteiger partial charge in [-0.2, -0.15) is 5.26 Å². The minimum atomic E-state index is -0.724. The maximum Gasteiger partial charge on any atom is 0.136 e. The lowest BCUT2D eigenvalue weighted by atomic mass is 9.59. The van der Waals surface area contributed by atoms with Gasteiger partial charge >= 0.3 is 0 Å². The third-order valence-corrected chi connectivity index (χ3v) is 11.9. The van der Waals surface area contributed by atoms with Crippen molar-refractivity contribution in [2.45, 2.75) is 113 Å². The van der Waals surface area contributed by atoms with E-state index in [1.54, 1.807) is 0 Å². The highest BCUT2D eigenvalue weighted by molar-refractivity contribution is 5.96. The number of nitrogens with two attached hydrogens (primary N) is 1. The van der Waals surface area contributed by atoms with Crippen molar-refractivity contribution in [1.82, 2.24) is 14.9 Å². The number of aliphatic imine (C=N–C) groups is 1. The van der Waals surface area contributed by atoms with Crippen LogP contribution in [-0.2, 0) is 24.7 Å². The largest absolute Gasteiger partial charge is 0.398 e. The van der Waals surface area contributed by atoms with E-state index >= 15 is 0 Å². The molecule has 1 aromatic heterocycles. The Kier molecular flexibility index (Phi) is 6.41. The Labute approximate surface area is 254 Å². The molecule has 3 saturated heterocycles. The van der Waals surface area contributed by atoms with Gasteiger partial charge in [0.2, 0.25) is 0 Å². The predicted octanol–water partition coefficient (Wildman–Crippen LogP) is 5.70. The molecular formula is C35H42FN7. The SMILES string of the molecule is CC1CCC2(CCc3c(nc(CCC45CCCN4CC(F)C5)nc3N3CCC3C3=NC=CC3)C2)c2c1ccc(N)c2C#N. The Bertz CT molecular complexity index is 1570. The molecule has 2 N–H and O–H groups in total. The normalized spacial score (nSPS) is 32.7. The smallest absolute Gasteiger partial charge is 0.136 e. The maximum absolute atomic E-state index is 14.6. The monoisotopic (exact) mass is 579 g/mol. The molecule has 5 unspecified atom stereocenters. The summed E-state index contributed by atoms with van der Waals surface area (Å²) in [7, 11) is 0. The fourth-order valence-electron chi connectivity index (χ4n) is 9.57. The fourth-order valence-corrected chi connectivity index (χ4v) is 9.57. The van der Waals surface area contributed by atoms with Crippen LogP contribution in [0.3, 0.4) is 0 Å². The molecular weight excluding hydrogens is 537 g/mol. The molecule has 0 saturated carbocycles. The number of halogens is 1. The molecule has 5 heterocycles. The first kappa shape index (κ1) is 27.3. The lowest BCUT2D eigenvalue weighted by molar-refractivity contribution is 0.181. The van der Waals surface area contributed by atoms with Crippen LogP contribution in [-0.4, -0.2) is 58.0 Å². The lowest BCUT2D eigenvalue weighted by Crippen LogP contribution is -2.53. The maximum atomic E-state index is 14.6. The van der Waals surface area contributed by atoms with Crippen LogP contribution in [0.5, 0.6) is 0 Å². The van der Waals surface area contributed by atoms with Crippen molar-refractivity contribution in [3.63, 3.8) is 0 Å². The average molecular weight is 580 g/mol. The van der Waals surface area contributed by atoms with Gasteiger partial charge in [-0.1, -0.05) is 19.1 Å². The third kappa shape index (κ3) is 4.25. The summed E-state index contributed by atoms with van der Waals surface area (Å²) in [5.74, 6) is 2.39. The number of hydrogen-bond acceptors (Lipinski definition) is 7. The second-order valence-corrected chi connectivity index (χ2v) is 14.2. The molecule has 7 nitrogen and oxygen atoms in total. The van der Waals surface area contributed by atoms with Crippen molar-refractivity contribution in [3.8, 4) is 6.07 Å². The van der Waals surface area contributed by atoms with E-state index in [0.29, 0.717) is 36.2 Å². The zero-order valence-corrected chi connectivity index (χ0v) is 25.3. The first-order valence-corrected chi connectivity index (χ1v) is 16.5. The molecule has 2 aromatic rings. The number of aromatic nitrogens is 2. The van der Waals surface area contributed by atoms with E-state index in [2.05, 4.69) is 34.9 Å². The van der Waals surface area contributed by atoms with E-state index in [-0.39, 0.29) is 11.0 Å². The summed E-state index contributed by atoms with van der Waals surface area (Å²) in [6, 6.07) is 6.87. The minimum absolute atomic E-state index is 0.0404. The molecule has 6 aliphatic rings.